The molecule has 0 saturated heterocycles. The lowest BCUT2D eigenvalue weighted by Crippen LogP contribution is -2.48. The summed E-state index contributed by atoms with van der Waals surface area (Å²) in [6, 6.07) is 14.6. The number of carbonyl (C=O) groups is 1. The van der Waals surface area contributed by atoms with E-state index in [-0.39, 0.29) is 11.4 Å². The number of methoxy groups -OCH3 is 1. The maximum atomic E-state index is 11.7. The lowest BCUT2D eigenvalue weighted by atomic mass is 9.48. The van der Waals surface area contributed by atoms with Crippen LogP contribution in [0.15, 0.2) is 60.9 Å². The predicted molar refractivity (Wildman–Crippen MR) is 150 cm³/mol. The van der Waals surface area contributed by atoms with Crippen LogP contribution >= 0.6 is 0 Å². The van der Waals surface area contributed by atoms with Crippen molar-refractivity contribution in [3.05, 3.63) is 77.6 Å². The Balaban J connectivity index is 1.37. The summed E-state index contributed by atoms with van der Waals surface area (Å²) in [6.45, 7) is 2.64. The first-order chi connectivity index (χ1) is 19.0. The van der Waals surface area contributed by atoms with Crippen molar-refractivity contribution in [1.82, 2.24) is 9.97 Å². The first kappa shape index (κ1) is 25.6. The van der Waals surface area contributed by atoms with Crippen LogP contribution in [-0.4, -0.2) is 29.7 Å². The van der Waals surface area contributed by atoms with E-state index in [2.05, 4.69) is 28.2 Å². The smallest absolute Gasteiger partial charge is 0.330 e. The third kappa shape index (κ3) is 5.29. The van der Waals surface area contributed by atoms with E-state index in [0.29, 0.717) is 24.8 Å². The molecule has 202 valence electrons. The van der Waals surface area contributed by atoms with Crippen molar-refractivity contribution in [1.29, 1.82) is 0 Å². The molecule has 4 saturated carbocycles. The molecule has 1 aromatic heterocycles. The zero-order chi connectivity index (χ0) is 26.8. The lowest BCUT2D eigenvalue weighted by molar-refractivity contribution is -0.137. The normalized spacial score (nSPS) is 25.1. The SMILES string of the molecule is CCOC(=O)C=Cc1cnc(-c2cc(C34CC5CC(CC(C5)C3)C4)c(OCc3ccccc3)cc2OC)nc1. The van der Waals surface area contributed by atoms with Gasteiger partial charge in [0.15, 0.2) is 5.82 Å². The molecule has 0 atom stereocenters. The Morgan fingerprint density at radius 1 is 0.974 bits per heavy atom. The van der Waals surface area contributed by atoms with Gasteiger partial charge in [-0.1, -0.05) is 30.3 Å². The van der Waals surface area contributed by atoms with Crippen LogP contribution in [0.25, 0.3) is 17.5 Å². The molecule has 4 aliphatic rings. The highest BCUT2D eigenvalue weighted by Crippen LogP contribution is 2.62. The van der Waals surface area contributed by atoms with Crippen LogP contribution in [0, 0.1) is 17.8 Å². The van der Waals surface area contributed by atoms with E-state index < -0.39 is 0 Å². The van der Waals surface area contributed by atoms with Crippen molar-refractivity contribution < 1.29 is 19.0 Å². The largest absolute Gasteiger partial charge is 0.496 e. The fourth-order valence-electron chi connectivity index (χ4n) is 7.53. The van der Waals surface area contributed by atoms with Gasteiger partial charge in [-0.15, -0.1) is 0 Å². The average molecular weight is 525 g/mol. The Hall–Kier alpha value is -3.67. The van der Waals surface area contributed by atoms with Gasteiger partial charge in [0.25, 0.3) is 0 Å². The van der Waals surface area contributed by atoms with Crippen LogP contribution < -0.4 is 9.47 Å². The molecule has 2 aromatic carbocycles. The first-order valence-corrected chi connectivity index (χ1v) is 14.1. The maximum Gasteiger partial charge on any atom is 0.330 e. The minimum absolute atomic E-state index is 0.129. The third-order valence-corrected chi connectivity index (χ3v) is 8.76. The molecule has 4 fully saturated rings. The Morgan fingerprint density at radius 3 is 2.26 bits per heavy atom. The maximum absolute atomic E-state index is 11.7. The van der Waals surface area contributed by atoms with E-state index in [1.165, 1.54) is 50.2 Å². The molecule has 7 rings (SSSR count). The van der Waals surface area contributed by atoms with Crippen LogP contribution in [0.4, 0.5) is 0 Å². The van der Waals surface area contributed by atoms with Crippen LogP contribution in [0.2, 0.25) is 0 Å². The van der Waals surface area contributed by atoms with Crippen molar-refractivity contribution in [2.75, 3.05) is 13.7 Å². The molecule has 0 radical (unpaired) electrons. The molecule has 0 N–H and O–H groups in total. The van der Waals surface area contributed by atoms with E-state index >= 15 is 0 Å². The molecule has 0 spiro atoms. The fourth-order valence-corrected chi connectivity index (χ4v) is 7.53. The van der Waals surface area contributed by atoms with Crippen LogP contribution in [0.1, 0.15) is 62.1 Å². The van der Waals surface area contributed by atoms with Crippen molar-refractivity contribution in [3.8, 4) is 22.9 Å². The third-order valence-electron chi connectivity index (χ3n) is 8.76. The van der Waals surface area contributed by atoms with Gasteiger partial charge >= 0.3 is 5.97 Å². The molecule has 1 heterocycles. The summed E-state index contributed by atoms with van der Waals surface area (Å²) in [5, 5.41) is 0. The predicted octanol–water partition coefficient (Wildman–Crippen LogP) is 6.78. The van der Waals surface area contributed by atoms with Gasteiger partial charge in [-0.2, -0.15) is 0 Å². The second-order valence-corrected chi connectivity index (χ2v) is 11.4. The Labute approximate surface area is 230 Å². The lowest BCUT2D eigenvalue weighted by Gasteiger charge is -2.57. The minimum atomic E-state index is -0.380. The van der Waals surface area contributed by atoms with E-state index in [0.717, 1.165) is 40.2 Å². The topological polar surface area (TPSA) is 70.5 Å². The summed E-state index contributed by atoms with van der Waals surface area (Å²) in [6.07, 6.45) is 14.3. The van der Waals surface area contributed by atoms with Gasteiger partial charge in [-0.25, -0.2) is 14.8 Å². The first-order valence-electron chi connectivity index (χ1n) is 14.1. The summed E-state index contributed by atoms with van der Waals surface area (Å²) in [4.78, 5) is 21.0. The van der Waals surface area contributed by atoms with Crippen LogP contribution in [-0.2, 0) is 21.6 Å². The highest BCUT2D eigenvalue weighted by Gasteiger charge is 2.52. The summed E-state index contributed by atoms with van der Waals surface area (Å²) in [5.74, 6) is 4.26. The monoisotopic (exact) mass is 524 g/mol. The minimum Gasteiger partial charge on any atom is -0.496 e. The van der Waals surface area contributed by atoms with Crippen molar-refractivity contribution in [3.63, 3.8) is 0 Å². The molecular formula is C33H36N2O4. The highest BCUT2D eigenvalue weighted by atomic mass is 16.5. The molecule has 3 aromatic rings. The number of hydrogen-bond acceptors (Lipinski definition) is 6. The van der Waals surface area contributed by atoms with Crippen molar-refractivity contribution in [2.45, 2.75) is 57.5 Å². The number of carbonyl (C=O) groups excluding carboxylic acids is 1. The van der Waals surface area contributed by atoms with Crippen molar-refractivity contribution >= 4 is 12.0 Å². The van der Waals surface area contributed by atoms with Gasteiger partial charge in [0.2, 0.25) is 0 Å². The summed E-state index contributed by atoms with van der Waals surface area (Å²) >= 11 is 0. The summed E-state index contributed by atoms with van der Waals surface area (Å²) in [5.41, 5.74) is 4.16. The van der Waals surface area contributed by atoms with Crippen LogP contribution in [0.5, 0.6) is 11.5 Å². The summed E-state index contributed by atoms with van der Waals surface area (Å²) in [7, 11) is 1.68. The Morgan fingerprint density at radius 2 is 1.64 bits per heavy atom. The van der Waals surface area contributed by atoms with Crippen molar-refractivity contribution in [2.24, 2.45) is 17.8 Å². The van der Waals surface area contributed by atoms with Gasteiger partial charge in [-0.05, 0) is 86.3 Å². The zero-order valence-corrected chi connectivity index (χ0v) is 22.8. The second kappa shape index (κ2) is 10.8. The molecule has 39 heavy (non-hydrogen) atoms. The number of ether oxygens (including phenoxy) is 3. The molecule has 0 aliphatic heterocycles. The number of rotatable bonds is 9. The van der Waals surface area contributed by atoms with Gasteiger partial charge in [0.05, 0.1) is 19.3 Å². The number of benzene rings is 2. The van der Waals surface area contributed by atoms with Gasteiger partial charge < -0.3 is 14.2 Å². The summed E-state index contributed by atoms with van der Waals surface area (Å²) < 4.78 is 17.4. The van der Waals surface area contributed by atoms with Gasteiger partial charge in [0, 0.05) is 35.7 Å². The molecular weight excluding hydrogens is 488 g/mol. The molecule has 4 bridgehead atoms. The number of nitrogens with zero attached hydrogens (tertiary/aromatic N) is 2. The van der Waals surface area contributed by atoms with Gasteiger partial charge in [0.1, 0.15) is 18.1 Å². The van der Waals surface area contributed by atoms with E-state index in [4.69, 9.17) is 14.2 Å². The second-order valence-electron chi connectivity index (χ2n) is 11.4. The molecule has 6 nitrogen and oxygen atoms in total. The van der Waals surface area contributed by atoms with E-state index in [9.17, 15) is 4.79 Å². The Kier molecular flexibility index (Phi) is 7.11. The molecule has 0 amide bonds. The molecule has 4 aliphatic carbocycles. The average Bonchev–Trinajstić information content (AvgIpc) is 2.95. The van der Waals surface area contributed by atoms with Crippen LogP contribution in [0.3, 0.4) is 0 Å². The number of esters is 1. The molecule has 0 unspecified atom stereocenters. The molecule has 6 heteroatoms. The number of hydrogen-bond donors (Lipinski definition) is 0. The zero-order valence-electron chi connectivity index (χ0n) is 22.8. The fraction of sp³-hybridized carbons (Fsp3) is 0.424. The highest BCUT2D eigenvalue weighted by molar-refractivity contribution is 5.86. The van der Waals surface area contributed by atoms with E-state index in [1.54, 1.807) is 32.5 Å². The van der Waals surface area contributed by atoms with Gasteiger partial charge in [-0.3, -0.25) is 0 Å². The van der Waals surface area contributed by atoms with E-state index in [1.807, 2.05) is 24.3 Å². The standard InChI is InChI=1S/C33H36N2O4/c1-3-38-31(36)10-9-23-19-34-32(35-20-23)27-14-28(33-16-24-11-25(17-33)13-26(12-24)18-33)30(15-29(27)37-2)39-21-22-7-5-4-6-8-22/h4-10,14-15,19-20,24-26H,3,11-13,16-18,21H2,1-2H3. The number of aromatic nitrogens is 2. The quantitative estimate of drug-likeness (QED) is 0.227. The Bertz CT molecular complexity index is 1310.